The second-order valence-corrected chi connectivity index (χ2v) is 7.69. The van der Waals surface area contributed by atoms with Crippen LogP contribution in [-0.4, -0.2) is 23.3 Å². The molecule has 3 aromatic carbocycles. The van der Waals surface area contributed by atoms with Gasteiger partial charge in [0.2, 0.25) is 0 Å². The lowest BCUT2D eigenvalue weighted by Gasteiger charge is -2.15. The van der Waals surface area contributed by atoms with E-state index in [1.807, 2.05) is 66.7 Å². The fraction of sp³-hybridized carbons (Fsp3) is 0.130. The van der Waals surface area contributed by atoms with Gasteiger partial charge in [0.1, 0.15) is 23.9 Å². The summed E-state index contributed by atoms with van der Waals surface area (Å²) in [4.78, 5) is 17.9. The normalized spacial score (nSPS) is 10.8. The molecule has 4 rings (SSSR count). The number of halogens is 1. The average molecular weight is 498 g/mol. The Morgan fingerprint density at radius 2 is 1.62 bits per heavy atom. The molecular weight excluding hydrogens is 479 g/mol. The first-order chi connectivity index (χ1) is 14.2. The fourth-order valence-corrected chi connectivity index (χ4v) is 3.48. The van der Waals surface area contributed by atoms with E-state index >= 15 is 0 Å². The Bertz CT molecular complexity index is 1190. The number of aromatic nitrogens is 2. The van der Waals surface area contributed by atoms with Crippen molar-refractivity contribution in [3.05, 3.63) is 86.7 Å². The molecule has 0 saturated carbocycles. The van der Waals surface area contributed by atoms with Gasteiger partial charge in [0, 0.05) is 9.13 Å². The molecule has 0 aliphatic heterocycles. The first-order valence-corrected chi connectivity index (χ1v) is 10.3. The molecule has 0 atom stereocenters. The van der Waals surface area contributed by atoms with E-state index in [0.717, 1.165) is 20.6 Å². The molecule has 0 unspecified atom stereocenters. The summed E-state index contributed by atoms with van der Waals surface area (Å²) < 4.78 is 13.9. The van der Waals surface area contributed by atoms with Gasteiger partial charge in [-0.15, -0.1) is 0 Å². The minimum atomic E-state index is -0.0763. The van der Waals surface area contributed by atoms with E-state index in [-0.39, 0.29) is 5.56 Å². The summed E-state index contributed by atoms with van der Waals surface area (Å²) >= 11 is 2.25. The molecule has 0 fully saturated rings. The summed E-state index contributed by atoms with van der Waals surface area (Å²) in [5, 5.41) is 0.596. The molecule has 29 heavy (non-hydrogen) atoms. The van der Waals surface area contributed by atoms with Gasteiger partial charge in [-0.2, -0.15) is 0 Å². The van der Waals surface area contributed by atoms with E-state index in [4.69, 9.17) is 14.5 Å². The van der Waals surface area contributed by atoms with E-state index < -0.39 is 0 Å². The van der Waals surface area contributed by atoms with Gasteiger partial charge < -0.3 is 9.47 Å². The van der Waals surface area contributed by atoms with Crippen LogP contribution in [0.1, 0.15) is 0 Å². The zero-order valence-corrected chi connectivity index (χ0v) is 18.0. The molecular formula is C23H19IN2O3. The van der Waals surface area contributed by atoms with Crippen LogP contribution in [0.5, 0.6) is 11.5 Å². The van der Waals surface area contributed by atoms with Crippen LogP contribution in [0.2, 0.25) is 0 Å². The minimum Gasteiger partial charge on any atom is -0.497 e. The molecule has 0 aliphatic rings. The van der Waals surface area contributed by atoms with Crippen LogP contribution in [0.25, 0.3) is 22.3 Å². The topological polar surface area (TPSA) is 53.3 Å². The van der Waals surface area contributed by atoms with Crippen molar-refractivity contribution < 1.29 is 9.47 Å². The standard InChI is InChI=1S/C23H19IN2O3/c1-28-18-10-6-16(7-11-18)22-25-21-5-3-2-4-20(21)23(27)26(22)14-15-29-19-12-8-17(24)9-13-19/h2-13H,14-15H2,1H3. The monoisotopic (exact) mass is 498 g/mol. The number of benzene rings is 3. The van der Waals surface area contributed by atoms with Crippen LogP contribution in [0.4, 0.5) is 0 Å². The van der Waals surface area contributed by atoms with E-state index in [0.29, 0.717) is 29.9 Å². The average Bonchev–Trinajstić information content (AvgIpc) is 2.76. The Labute approximate surface area is 182 Å². The quantitative estimate of drug-likeness (QED) is 0.360. The third-order valence-electron chi connectivity index (χ3n) is 4.61. The first kappa shape index (κ1) is 19.4. The van der Waals surface area contributed by atoms with Gasteiger partial charge in [-0.1, -0.05) is 12.1 Å². The smallest absolute Gasteiger partial charge is 0.261 e. The molecule has 0 radical (unpaired) electrons. The van der Waals surface area contributed by atoms with Gasteiger partial charge in [-0.25, -0.2) is 4.98 Å². The summed E-state index contributed by atoms with van der Waals surface area (Å²) in [5.41, 5.74) is 1.45. The molecule has 146 valence electrons. The summed E-state index contributed by atoms with van der Waals surface area (Å²) in [6.45, 7) is 0.758. The summed E-state index contributed by atoms with van der Waals surface area (Å²) in [7, 11) is 1.63. The second-order valence-electron chi connectivity index (χ2n) is 6.44. The number of hydrogen-bond donors (Lipinski definition) is 0. The Morgan fingerprint density at radius 1 is 0.931 bits per heavy atom. The second kappa shape index (κ2) is 8.65. The van der Waals surface area contributed by atoms with Crippen molar-refractivity contribution in [1.82, 2.24) is 9.55 Å². The number of rotatable bonds is 6. The van der Waals surface area contributed by atoms with Crippen LogP contribution in [0, 0.1) is 3.57 Å². The minimum absolute atomic E-state index is 0.0763. The maximum atomic E-state index is 13.2. The predicted molar refractivity (Wildman–Crippen MR) is 123 cm³/mol. The highest BCUT2D eigenvalue weighted by atomic mass is 127. The number of hydrogen-bond acceptors (Lipinski definition) is 4. The Hall–Kier alpha value is -2.87. The Balaban J connectivity index is 1.70. The third-order valence-corrected chi connectivity index (χ3v) is 5.33. The van der Waals surface area contributed by atoms with E-state index in [9.17, 15) is 4.79 Å². The lowest BCUT2D eigenvalue weighted by molar-refractivity contribution is 0.297. The largest absolute Gasteiger partial charge is 0.497 e. The summed E-state index contributed by atoms with van der Waals surface area (Å²) in [6.07, 6.45) is 0. The molecule has 0 spiro atoms. The van der Waals surface area contributed by atoms with Gasteiger partial charge in [-0.05, 0) is 83.3 Å². The van der Waals surface area contributed by atoms with Gasteiger partial charge in [-0.3, -0.25) is 9.36 Å². The number of methoxy groups -OCH3 is 1. The van der Waals surface area contributed by atoms with Crippen molar-refractivity contribution in [1.29, 1.82) is 0 Å². The van der Waals surface area contributed by atoms with Crippen molar-refractivity contribution in [2.24, 2.45) is 0 Å². The molecule has 0 aliphatic carbocycles. The fourth-order valence-electron chi connectivity index (χ4n) is 3.12. The Morgan fingerprint density at radius 3 is 2.34 bits per heavy atom. The van der Waals surface area contributed by atoms with Crippen molar-refractivity contribution >= 4 is 33.5 Å². The van der Waals surface area contributed by atoms with Crippen LogP contribution in [0.15, 0.2) is 77.6 Å². The third kappa shape index (κ3) is 4.27. The molecule has 1 heterocycles. The highest BCUT2D eigenvalue weighted by Gasteiger charge is 2.13. The molecule has 5 nitrogen and oxygen atoms in total. The van der Waals surface area contributed by atoms with E-state index in [2.05, 4.69) is 22.6 Å². The maximum Gasteiger partial charge on any atom is 0.261 e. The zero-order chi connectivity index (χ0) is 20.2. The van der Waals surface area contributed by atoms with Crippen LogP contribution in [0.3, 0.4) is 0 Å². The van der Waals surface area contributed by atoms with Gasteiger partial charge in [0.15, 0.2) is 0 Å². The number of nitrogens with zero attached hydrogens (tertiary/aromatic N) is 2. The number of para-hydroxylation sites is 1. The maximum absolute atomic E-state index is 13.2. The highest BCUT2D eigenvalue weighted by molar-refractivity contribution is 14.1. The summed E-state index contributed by atoms with van der Waals surface area (Å²) in [6, 6.07) is 22.8. The van der Waals surface area contributed by atoms with Gasteiger partial charge in [0.05, 0.1) is 24.6 Å². The lowest BCUT2D eigenvalue weighted by atomic mass is 10.1. The van der Waals surface area contributed by atoms with E-state index in [1.54, 1.807) is 17.7 Å². The number of fused-ring (bicyclic) bond motifs is 1. The molecule has 0 saturated heterocycles. The predicted octanol–water partition coefficient (Wildman–Crippen LogP) is 4.76. The van der Waals surface area contributed by atoms with Crippen molar-refractivity contribution in [2.75, 3.05) is 13.7 Å². The van der Waals surface area contributed by atoms with Crippen molar-refractivity contribution in [3.63, 3.8) is 0 Å². The summed E-state index contributed by atoms with van der Waals surface area (Å²) in [5.74, 6) is 2.14. The highest BCUT2D eigenvalue weighted by Crippen LogP contribution is 2.22. The van der Waals surface area contributed by atoms with Crippen molar-refractivity contribution in [2.45, 2.75) is 6.54 Å². The molecule has 1 aromatic heterocycles. The molecule has 0 bridgehead atoms. The van der Waals surface area contributed by atoms with Crippen molar-refractivity contribution in [3.8, 4) is 22.9 Å². The zero-order valence-electron chi connectivity index (χ0n) is 15.8. The lowest BCUT2D eigenvalue weighted by Crippen LogP contribution is -2.26. The molecule has 4 aromatic rings. The SMILES string of the molecule is COc1ccc(-c2nc3ccccc3c(=O)n2CCOc2ccc(I)cc2)cc1. The van der Waals surface area contributed by atoms with Crippen LogP contribution >= 0.6 is 22.6 Å². The Kier molecular flexibility index (Phi) is 5.80. The molecule has 0 amide bonds. The number of ether oxygens (including phenoxy) is 2. The first-order valence-electron chi connectivity index (χ1n) is 9.18. The molecule has 0 N–H and O–H groups in total. The van der Waals surface area contributed by atoms with Crippen LogP contribution in [-0.2, 0) is 6.54 Å². The van der Waals surface area contributed by atoms with Crippen LogP contribution < -0.4 is 15.0 Å². The van der Waals surface area contributed by atoms with Gasteiger partial charge in [0.25, 0.3) is 5.56 Å². The molecule has 6 heteroatoms. The van der Waals surface area contributed by atoms with E-state index in [1.165, 1.54) is 0 Å². The van der Waals surface area contributed by atoms with Gasteiger partial charge >= 0.3 is 0 Å².